The molecule has 134 valence electrons. The molecule has 3 rings (SSSR count). The van der Waals surface area contributed by atoms with Crippen LogP contribution in [0.5, 0.6) is 0 Å². The number of aromatic nitrogens is 1. The summed E-state index contributed by atoms with van der Waals surface area (Å²) in [5, 5.41) is 10.3. The number of aliphatic hydroxyl groups is 1. The zero-order chi connectivity index (χ0) is 17.6. The highest BCUT2D eigenvalue weighted by Crippen LogP contribution is 2.13. The van der Waals surface area contributed by atoms with Gasteiger partial charge in [0.25, 0.3) is 5.91 Å². The van der Waals surface area contributed by atoms with Gasteiger partial charge in [0.15, 0.2) is 0 Å². The van der Waals surface area contributed by atoms with Gasteiger partial charge in [-0.05, 0) is 30.3 Å². The number of carbonyl (C=O) groups is 1. The zero-order valence-electron chi connectivity index (χ0n) is 14.5. The molecule has 1 aromatic carbocycles. The Hall–Kier alpha value is -2.15. The van der Waals surface area contributed by atoms with Crippen LogP contribution in [0.1, 0.15) is 10.4 Å². The van der Waals surface area contributed by atoms with Crippen molar-refractivity contribution in [2.75, 3.05) is 46.4 Å². The van der Waals surface area contributed by atoms with Crippen molar-refractivity contribution < 1.29 is 14.6 Å². The maximum atomic E-state index is 12.7. The molecular weight excluding hydrogens is 318 g/mol. The lowest BCUT2D eigenvalue weighted by Crippen LogP contribution is -2.45. The van der Waals surface area contributed by atoms with Gasteiger partial charge >= 0.3 is 0 Å². The predicted molar refractivity (Wildman–Crippen MR) is 96.0 cm³/mol. The summed E-state index contributed by atoms with van der Waals surface area (Å²) in [7, 11) is 1.73. The Morgan fingerprint density at radius 1 is 1.24 bits per heavy atom. The van der Waals surface area contributed by atoms with Crippen molar-refractivity contribution in [3.05, 3.63) is 54.4 Å². The Labute approximate surface area is 148 Å². The van der Waals surface area contributed by atoms with Crippen molar-refractivity contribution in [1.82, 2.24) is 14.4 Å². The van der Waals surface area contributed by atoms with Crippen LogP contribution in [0.4, 0.5) is 0 Å². The lowest BCUT2D eigenvalue weighted by Gasteiger charge is -2.30. The van der Waals surface area contributed by atoms with Crippen LogP contribution in [0.2, 0.25) is 0 Å². The molecule has 2 aromatic rings. The van der Waals surface area contributed by atoms with Crippen LogP contribution in [0.25, 0.3) is 5.69 Å². The van der Waals surface area contributed by atoms with E-state index >= 15 is 0 Å². The van der Waals surface area contributed by atoms with Gasteiger partial charge < -0.3 is 19.3 Å². The van der Waals surface area contributed by atoms with E-state index in [-0.39, 0.29) is 5.91 Å². The Balaban J connectivity index is 1.59. The van der Waals surface area contributed by atoms with E-state index in [4.69, 9.17) is 4.74 Å². The second-order valence-electron chi connectivity index (χ2n) is 6.39. The highest BCUT2D eigenvalue weighted by Gasteiger charge is 2.19. The number of amides is 1. The molecule has 6 nitrogen and oxygen atoms in total. The van der Waals surface area contributed by atoms with Crippen LogP contribution >= 0.6 is 0 Å². The number of morpholine rings is 1. The van der Waals surface area contributed by atoms with Crippen LogP contribution < -0.4 is 0 Å². The van der Waals surface area contributed by atoms with Gasteiger partial charge in [0.2, 0.25) is 0 Å². The Morgan fingerprint density at radius 3 is 2.68 bits per heavy atom. The third kappa shape index (κ3) is 4.69. The number of rotatable bonds is 6. The standard InChI is InChI=1S/C19H25N3O3/c1-20(14-18(23)15-21-9-11-25-12-10-21)19(24)16-5-4-6-17(13-16)22-7-2-3-8-22/h2-8,13,18,23H,9-12,14-15H2,1H3. The van der Waals surface area contributed by atoms with E-state index in [1.54, 1.807) is 18.0 Å². The van der Waals surface area contributed by atoms with Crippen molar-refractivity contribution in [3.8, 4) is 5.69 Å². The van der Waals surface area contributed by atoms with Crippen molar-refractivity contribution >= 4 is 5.91 Å². The highest BCUT2D eigenvalue weighted by atomic mass is 16.5. The molecule has 1 N–H and O–H groups in total. The number of hydrogen-bond donors (Lipinski definition) is 1. The second kappa shape index (κ2) is 8.29. The summed E-state index contributed by atoms with van der Waals surface area (Å²) in [6.07, 6.45) is 3.32. The molecule has 0 bridgehead atoms. The van der Waals surface area contributed by atoms with Gasteiger partial charge in [-0.15, -0.1) is 0 Å². The normalized spacial score (nSPS) is 16.6. The van der Waals surface area contributed by atoms with Gasteiger partial charge in [-0.1, -0.05) is 6.07 Å². The first-order valence-corrected chi connectivity index (χ1v) is 8.60. The summed E-state index contributed by atoms with van der Waals surface area (Å²) < 4.78 is 7.27. The topological polar surface area (TPSA) is 57.9 Å². The number of likely N-dealkylation sites (N-methyl/N-ethyl adjacent to an activating group) is 1. The van der Waals surface area contributed by atoms with E-state index in [0.29, 0.717) is 31.9 Å². The molecule has 0 saturated carbocycles. The number of hydrogen-bond acceptors (Lipinski definition) is 4. The highest BCUT2D eigenvalue weighted by molar-refractivity contribution is 5.94. The van der Waals surface area contributed by atoms with Crippen LogP contribution in [0.3, 0.4) is 0 Å². The third-order valence-corrected chi connectivity index (χ3v) is 4.40. The van der Waals surface area contributed by atoms with E-state index in [2.05, 4.69) is 4.90 Å². The number of nitrogens with zero attached hydrogens (tertiary/aromatic N) is 3. The summed E-state index contributed by atoms with van der Waals surface area (Å²) in [4.78, 5) is 16.4. The molecule has 1 unspecified atom stereocenters. The minimum absolute atomic E-state index is 0.0879. The molecule has 2 heterocycles. The lowest BCUT2D eigenvalue weighted by atomic mass is 10.1. The number of β-amino-alcohol motifs (C(OH)–C–C–N with tert-alkyl or cyclic N) is 1. The average Bonchev–Trinajstić information content (AvgIpc) is 3.16. The number of benzene rings is 1. The average molecular weight is 343 g/mol. The second-order valence-corrected chi connectivity index (χ2v) is 6.39. The molecule has 1 fully saturated rings. The first-order chi connectivity index (χ1) is 12.1. The maximum absolute atomic E-state index is 12.7. The molecule has 1 saturated heterocycles. The van der Waals surface area contributed by atoms with Crippen molar-refractivity contribution in [2.24, 2.45) is 0 Å². The summed E-state index contributed by atoms with van der Waals surface area (Å²) in [6.45, 7) is 3.93. The summed E-state index contributed by atoms with van der Waals surface area (Å²) >= 11 is 0. The van der Waals surface area contributed by atoms with Crippen LogP contribution in [0, 0.1) is 0 Å². The van der Waals surface area contributed by atoms with Crippen LogP contribution in [-0.4, -0.2) is 77.9 Å². The van der Waals surface area contributed by atoms with Crippen molar-refractivity contribution in [1.29, 1.82) is 0 Å². The maximum Gasteiger partial charge on any atom is 0.253 e. The van der Waals surface area contributed by atoms with E-state index in [1.165, 1.54) is 0 Å². The molecule has 0 spiro atoms. The van der Waals surface area contributed by atoms with Gasteiger partial charge in [0.05, 0.1) is 19.3 Å². The molecule has 1 aromatic heterocycles. The Kier molecular flexibility index (Phi) is 5.86. The molecule has 0 aliphatic carbocycles. The fraction of sp³-hybridized carbons (Fsp3) is 0.421. The van der Waals surface area contributed by atoms with E-state index < -0.39 is 6.10 Å². The zero-order valence-corrected chi connectivity index (χ0v) is 14.5. The molecule has 0 radical (unpaired) electrons. The fourth-order valence-electron chi connectivity index (χ4n) is 3.07. The number of carbonyl (C=O) groups excluding carboxylic acids is 1. The third-order valence-electron chi connectivity index (χ3n) is 4.40. The minimum Gasteiger partial charge on any atom is -0.390 e. The van der Waals surface area contributed by atoms with Gasteiger partial charge in [-0.2, -0.15) is 0 Å². The SMILES string of the molecule is CN(CC(O)CN1CCOCC1)C(=O)c1cccc(-n2cccc2)c1. The van der Waals surface area contributed by atoms with Crippen molar-refractivity contribution in [3.63, 3.8) is 0 Å². The van der Waals surface area contributed by atoms with Crippen LogP contribution in [0.15, 0.2) is 48.8 Å². The Morgan fingerprint density at radius 2 is 1.96 bits per heavy atom. The van der Waals surface area contributed by atoms with E-state index in [1.807, 2.05) is 47.3 Å². The van der Waals surface area contributed by atoms with Crippen molar-refractivity contribution in [2.45, 2.75) is 6.10 Å². The number of aliphatic hydroxyl groups excluding tert-OH is 1. The smallest absolute Gasteiger partial charge is 0.253 e. The largest absolute Gasteiger partial charge is 0.390 e. The van der Waals surface area contributed by atoms with Gasteiger partial charge in [0, 0.05) is 56.9 Å². The summed E-state index contributed by atoms with van der Waals surface area (Å²) in [5.41, 5.74) is 1.56. The fourth-order valence-corrected chi connectivity index (χ4v) is 3.07. The molecule has 1 amide bonds. The molecule has 1 atom stereocenters. The predicted octanol–water partition coefficient (Wildman–Crippen LogP) is 1.24. The first-order valence-electron chi connectivity index (χ1n) is 8.60. The lowest BCUT2D eigenvalue weighted by molar-refractivity contribution is 0.00879. The first kappa shape index (κ1) is 17.7. The monoisotopic (exact) mass is 343 g/mol. The quantitative estimate of drug-likeness (QED) is 0.857. The molecule has 1 aliphatic rings. The summed E-state index contributed by atoms with van der Waals surface area (Å²) in [6, 6.07) is 11.4. The molecule has 25 heavy (non-hydrogen) atoms. The van der Waals surface area contributed by atoms with Gasteiger partial charge in [0.1, 0.15) is 0 Å². The van der Waals surface area contributed by atoms with E-state index in [9.17, 15) is 9.90 Å². The Bertz CT molecular complexity index is 681. The molecule has 1 aliphatic heterocycles. The minimum atomic E-state index is -0.570. The van der Waals surface area contributed by atoms with Crippen LogP contribution in [-0.2, 0) is 4.74 Å². The van der Waals surface area contributed by atoms with E-state index in [0.717, 1.165) is 18.8 Å². The summed E-state index contributed by atoms with van der Waals surface area (Å²) in [5.74, 6) is -0.0879. The number of ether oxygens (including phenoxy) is 1. The van der Waals surface area contributed by atoms with Gasteiger partial charge in [-0.25, -0.2) is 0 Å². The molecule has 6 heteroatoms. The molecular formula is C19H25N3O3. The van der Waals surface area contributed by atoms with Gasteiger partial charge in [-0.3, -0.25) is 9.69 Å².